The van der Waals surface area contributed by atoms with E-state index >= 15 is 0 Å². The maximum absolute atomic E-state index is 6.16. The zero-order chi connectivity index (χ0) is 30.3. The van der Waals surface area contributed by atoms with Crippen LogP contribution < -0.4 is 14.2 Å². The molecule has 0 bridgehead atoms. The van der Waals surface area contributed by atoms with Crippen molar-refractivity contribution in [1.29, 1.82) is 0 Å². The van der Waals surface area contributed by atoms with Crippen LogP contribution in [0.4, 0.5) is 0 Å². The third-order valence-corrected chi connectivity index (χ3v) is 8.37. The number of aromatic nitrogens is 6. The first-order valence-corrected chi connectivity index (χ1v) is 16.4. The second-order valence-electron chi connectivity index (χ2n) is 9.97. The molecule has 12 heteroatoms. The molecule has 7 rings (SSSR count). The molecule has 0 amide bonds. The van der Waals surface area contributed by atoms with Crippen LogP contribution in [0.1, 0.15) is 16.7 Å². The van der Waals surface area contributed by atoms with Gasteiger partial charge in [-0.15, -0.1) is 15.3 Å². The lowest BCUT2D eigenvalue weighted by molar-refractivity contribution is 0.293. The average molecular weight is 649 g/mol. The standard InChI is InChI=1S/C33H24N6O3S3/c1-7-28(8-2-25(1)31-19-43-37-34-31)40-16-22-13-23(17-41-29-9-3-26(4-10-29)32-20-44-38-35-32)15-24(14-22)18-42-30-11-5-27(6-12-30)33-21-45-39-36-33/h1-15,19-21H,16-18H2. The molecule has 0 aliphatic carbocycles. The van der Waals surface area contributed by atoms with Gasteiger partial charge in [0.05, 0.1) is 0 Å². The summed E-state index contributed by atoms with van der Waals surface area (Å²) in [6.45, 7) is 1.18. The van der Waals surface area contributed by atoms with Crippen molar-refractivity contribution in [3.8, 4) is 51.0 Å². The summed E-state index contributed by atoms with van der Waals surface area (Å²) in [7, 11) is 0. The Labute approximate surface area is 271 Å². The Balaban J connectivity index is 1.05. The van der Waals surface area contributed by atoms with Crippen molar-refractivity contribution < 1.29 is 14.2 Å². The lowest BCUT2D eigenvalue weighted by atomic mass is 10.1. The summed E-state index contributed by atoms with van der Waals surface area (Å²) in [4.78, 5) is 0. The Morgan fingerprint density at radius 3 is 0.933 bits per heavy atom. The zero-order valence-electron chi connectivity index (χ0n) is 23.6. The molecule has 0 radical (unpaired) electrons. The molecule has 7 aromatic rings. The largest absolute Gasteiger partial charge is 0.489 e. The first-order valence-electron chi connectivity index (χ1n) is 13.9. The maximum atomic E-state index is 6.16. The van der Waals surface area contributed by atoms with Crippen LogP contribution in [0.3, 0.4) is 0 Å². The smallest absolute Gasteiger partial charge is 0.119 e. The highest BCUT2D eigenvalue weighted by molar-refractivity contribution is 7.04. The summed E-state index contributed by atoms with van der Waals surface area (Å²) >= 11 is 4.00. The van der Waals surface area contributed by atoms with E-state index in [2.05, 4.69) is 47.0 Å². The van der Waals surface area contributed by atoms with Gasteiger partial charge in [0.2, 0.25) is 0 Å². The van der Waals surface area contributed by atoms with E-state index in [0.29, 0.717) is 19.8 Å². The number of hydrogen-bond donors (Lipinski definition) is 0. The van der Waals surface area contributed by atoms with Crippen LogP contribution in [-0.4, -0.2) is 28.8 Å². The number of hydrogen-bond acceptors (Lipinski definition) is 12. The van der Waals surface area contributed by atoms with Crippen molar-refractivity contribution in [3.63, 3.8) is 0 Å². The van der Waals surface area contributed by atoms with Crippen molar-refractivity contribution in [2.45, 2.75) is 19.8 Å². The normalized spacial score (nSPS) is 10.9. The third-order valence-electron chi connectivity index (χ3n) is 6.86. The molecule has 3 heterocycles. The van der Waals surface area contributed by atoms with E-state index in [9.17, 15) is 0 Å². The SMILES string of the molecule is c1c(COc2ccc(-c3csnn3)cc2)cc(COc2ccc(-c3csnn3)cc2)cc1COc1ccc(-c2csnn2)cc1. The molecule has 3 aromatic heterocycles. The lowest BCUT2D eigenvalue weighted by Gasteiger charge is -2.14. The lowest BCUT2D eigenvalue weighted by Crippen LogP contribution is -2.04. The van der Waals surface area contributed by atoms with Gasteiger partial charge in [-0.25, -0.2) is 0 Å². The Morgan fingerprint density at radius 1 is 0.400 bits per heavy atom. The van der Waals surface area contributed by atoms with Gasteiger partial charge in [-0.2, -0.15) is 0 Å². The van der Waals surface area contributed by atoms with Crippen LogP contribution in [0, 0.1) is 0 Å². The molecule has 222 valence electrons. The van der Waals surface area contributed by atoms with Crippen LogP contribution >= 0.6 is 34.6 Å². The Hall–Kier alpha value is -5.04. The molecule has 0 spiro atoms. The number of nitrogens with zero attached hydrogens (tertiary/aromatic N) is 6. The molecule has 0 aliphatic rings. The highest BCUT2D eigenvalue weighted by Gasteiger charge is 2.08. The fourth-order valence-electron chi connectivity index (χ4n) is 4.63. The maximum Gasteiger partial charge on any atom is 0.119 e. The van der Waals surface area contributed by atoms with Crippen molar-refractivity contribution in [2.75, 3.05) is 0 Å². The fraction of sp³-hybridized carbons (Fsp3) is 0.0909. The van der Waals surface area contributed by atoms with Crippen molar-refractivity contribution in [1.82, 2.24) is 28.8 Å². The summed E-state index contributed by atoms with van der Waals surface area (Å²) in [5, 5.41) is 18.2. The van der Waals surface area contributed by atoms with Crippen LogP contribution in [0.15, 0.2) is 107 Å². The van der Waals surface area contributed by atoms with Gasteiger partial charge < -0.3 is 14.2 Å². The third kappa shape index (κ3) is 7.37. The number of ether oxygens (including phenoxy) is 3. The topological polar surface area (TPSA) is 105 Å². The molecule has 0 fully saturated rings. The highest BCUT2D eigenvalue weighted by atomic mass is 32.1. The quantitative estimate of drug-likeness (QED) is 0.130. The second kappa shape index (κ2) is 13.7. The molecular formula is C33H24N6O3S3. The van der Waals surface area contributed by atoms with Gasteiger partial charge in [0.15, 0.2) is 0 Å². The van der Waals surface area contributed by atoms with E-state index in [1.807, 2.05) is 88.9 Å². The van der Waals surface area contributed by atoms with Crippen molar-refractivity contribution in [2.24, 2.45) is 0 Å². The number of benzene rings is 4. The van der Waals surface area contributed by atoms with Crippen molar-refractivity contribution in [3.05, 3.63) is 124 Å². The van der Waals surface area contributed by atoms with E-state index < -0.39 is 0 Å². The molecule has 0 atom stereocenters. The van der Waals surface area contributed by atoms with Gasteiger partial charge in [-0.1, -0.05) is 13.5 Å². The Morgan fingerprint density at radius 2 is 0.689 bits per heavy atom. The molecule has 0 N–H and O–H groups in total. The van der Waals surface area contributed by atoms with Gasteiger partial charge >= 0.3 is 0 Å². The summed E-state index contributed by atoms with van der Waals surface area (Å²) in [6.07, 6.45) is 0. The van der Waals surface area contributed by atoms with E-state index in [4.69, 9.17) is 14.2 Å². The van der Waals surface area contributed by atoms with E-state index in [0.717, 1.165) is 67.7 Å². The van der Waals surface area contributed by atoms with Crippen LogP contribution in [0.5, 0.6) is 17.2 Å². The van der Waals surface area contributed by atoms with Gasteiger partial charge in [0, 0.05) is 32.8 Å². The molecule has 45 heavy (non-hydrogen) atoms. The zero-order valence-corrected chi connectivity index (χ0v) is 26.1. The van der Waals surface area contributed by atoms with Gasteiger partial charge in [-0.05, 0) is 142 Å². The molecular weight excluding hydrogens is 625 g/mol. The summed E-state index contributed by atoms with van der Waals surface area (Å²) in [6, 6.07) is 29.9. The predicted molar refractivity (Wildman–Crippen MR) is 175 cm³/mol. The second-order valence-corrected chi connectivity index (χ2v) is 11.8. The molecule has 0 aliphatic heterocycles. The highest BCUT2D eigenvalue weighted by Crippen LogP contribution is 2.26. The van der Waals surface area contributed by atoms with E-state index in [1.54, 1.807) is 0 Å². The summed E-state index contributed by atoms with van der Waals surface area (Å²) < 4.78 is 30.3. The van der Waals surface area contributed by atoms with E-state index in [-0.39, 0.29) is 0 Å². The minimum Gasteiger partial charge on any atom is -0.489 e. The van der Waals surface area contributed by atoms with Crippen LogP contribution in [0.2, 0.25) is 0 Å². The fourth-order valence-corrected chi connectivity index (χ4v) is 6.02. The summed E-state index contributed by atoms with van der Waals surface area (Å²) in [5.41, 5.74) is 8.61. The van der Waals surface area contributed by atoms with Crippen molar-refractivity contribution >= 4 is 34.6 Å². The summed E-state index contributed by atoms with van der Waals surface area (Å²) in [5.74, 6) is 2.31. The molecule has 0 unspecified atom stereocenters. The van der Waals surface area contributed by atoms with Crippen LogP contribution in [0.25, 0.3) is 33.8 Å². The van der Waals surface area contributed by atoms with Crippen LogP contribution in [-0.2, 0) is 19.8 Å². The minimum atomic E-state index is 0.394. The molecule has 0 saturated carbocycles. The van der Waals surface area contributed by atoms with Gasteiger partial charge in [0.25, 0.3) is 0 Å². The molecule has 9 nitrogen and oxygen atoms in total. The Bertz CT molecular complexity index is 1690. The average Bonchev–Trinajstić information content (AvgIpc) is 3.91. The first kappa shape index (κ1) is 28.7. The minimum absolute atomic E-state index is 0.394. The number of rotatable bonds is 12. The van der Waals surface area contributed by atoms with E-state index in [1.165, 1.54) is 34.6 Å². The monoisotopic (exact) mass is 648 g/mol. The predicted octanol–water partition coefficient (Wildman–Crippen LogP) is 7.98. The molecule has 0 saturated heterocycles. The van der Waals surface area contributed by atoms with Gasteiger partial charge in [0.1, 0.15) is 54.2 Å². The first-order chi connectivity index (χ1) is 22.2. The van der Waals surface area contributed by atoms with Gasteiger partial charge in [-0.3, -0.25) is 0 Å². The Kier molecular flexibility index (Phi) is 8.76. The molecule has 4 aromatic carbocycles.